The average Bonchev–Trinajstić information content (AvgIpc) is 2.39. The molecule has 1 aromatic carbocycles. The van der Waals surface area contributed by atoms with Gasteiger partial charge in [-0.1, -0.05) is 25.1 Å². The van der Waals surface area contributed by atoms with E-state index in [9.17, 15) is 14.7 Å². The van der Waals surface area contributed by atoms with Gasteiger partial charge < -0.3 is 10.4 Å². The van der Waals surface area contributed by atoms with Gasteiger partial charge in [-0.2, -0.15) is 0 Å². The first kappa shape index (κ1) is 13.5. The number of aromatic carboxylic acids is 1. The zero-order chi connectivity index (χ0) is 13.8. The van der Waals surface area contributed by atoms with Crippen molar-refractivity contribution in [2.24, 2.45) is 0 Å². The maximum atomic E-state index is 11.8. The molecule has 1 heterocycles. The molecule has 0 aliphatic carbocycles. The van der Waals surface area contributed by atoms with Crippen LogP contribution in [0.3, 0.4) is 0 Å². The molecule has 1 unspecified atom stereocenters. The minimum atomic E-state index is -0.926. The van der Waals surface area contributed by atoms with Gasteiger partial charge in [-0.15, -0.1) is 0 Å². The zero-order valence-corrected chi connectivity index (χ0v) is 10.9. The van der Waals surface area contributed by atoms with Gasteiger partial charge in [-0.05, 0) is 18.1 Å². The number of carboxylic acid groups (broad SMARTS) is 1. The number of piperazine rings is 1. The van der Waals surface area contributed by atoms with Gasteiger partial charge in [0.1, 0.15) is 0 Å². The fourth-order valence-electron chi connectivity index (χ4n) is 2.48. The monoisotopic (exact) mass is 262 g/mol. The van der Waals surface area contributed by atoms with Gasteiger partial charge in [0.2, 0.25) is 5.91 Å². The lowest BCUT2D eigenvalue weighted by atomic mass is 10.0. The van der Waals surface area contributed by atoms with Crippen LogP contribution in [0.5, 0.6) is 0 Å². The smallest absolute Gasteiger partial charge is 0.336 e. The van der Waals surface area contributed by atoms with Crippen LogP contribution >= 0.6 is 0 Å². The van der Waals surface area contributed by atoms with E-state index in [0.29, 0.717) is 18.7 Å². The van der Waals surface area contributed by atoms with Crippen LogP contribution in [0.15, 0.2) is 24.3 Å². The van der Waals surface area contributed by atoms with Gasteiger partial charge in [0.15, 0.2) is 0 Å². The standard InChI is InChI=1S/C14H18N2O3/c1-2-12-13(17)15-7-8-16(12)9-10-5-3-4-6-11(10)14(18)19/h3-6,12H,2,7-9H2,1H3,(H,15,17)(H,18,19). The minimum Gasteiger partial charge on any atom is -0.478 e. The number of nitrogens with zero attached hydrogens (tertiary/aromatic N) is 1. The van der Waals surface area contributed by atoms with Gasteiger partial charge >= 0.3 is 5.97 Å². The molecule has 19 heavy (non-hydrogen) atoms. The Morgan fingerprint density at radius 2 is 2.21 bits per heavy atom. The molecule has 0 spiro atoms. The predicted molar refractivity (Wildman–Crippen MR) is 70.9 cm³/mol. The van der Waals surface area contributed by atoms with E-state index < -0.39 is 5.97 Å². The third-order valence-electron chi connectivity index (χ3n) is 3.45. The number of rotatable bonds is 4. The number of hydrogen-bond donors (Lipinski definition) is 2. The summed E-state index contributed by atoms with van der Waals surface area (Å²) < 4.78 is 0. The van der Waals surface area contributed by atoms with E-state index in [1.807, 2.05) is 24.0 Å². The summed E-state index contributed by atoms with van der Waals surface area (Å²) >= 11 is 0. The molecule has 0 aromatic heterocycles. The van der Waals surface area contributed by atoms with Crippen molar-refractivity contribution in [2.75, 3.05) is 13.1 Å². The van der Waals surface area contributed by atoms with Crippen molar-refractivity contribution in [3.05, 3.63) is 35.4 Å². The largest absolute Gasteiger partial charge is 0.478 e. The lowest BCUT2D eigenvalue weighted by Gasteiger charge is -2.34. The summed E-state index contributed by atoms with van der Waals surface area (Å²) in [5, 5.41) is 12.0. The van der Waals surface area contributed by atoms with Crippen molar-refractivity contribution < 1.29 is 14.7 Å². The van der Waals surface area contributed by atoms with Gasteiger partial charge in [-0.3, -0.25) is 9.69 Å². The Morgan fingerprint density at radius 1 is 1.47 bits per heavy atom. The summed E-state index contributed by atoms with van der Waals surface area (Å²) in [4.78, 5) is 25.0. The highest BCUT2D eigenvalue weighted by molar-refractivity contribution is 5.89. The highest BCUT2D eigenvalue weighted by Crippen LogP contribution is 2.16. The molecule has 5 heteroatoms. The summed E-state index contributed by atoms with van der Waals surface area (Å²) in [5.74, 6) is -0.897. The fraction of sp³-hybridized carbons (Fsp3) is 0.429. The van der Waals surface area contributed by atoms with Crippen molar-refractivity contribution in [3.63, 3.8) is 0 Å². The molecule has 5 nitrogen and oxygen atoms in total. The van der Waals surface area contributed by atoms with Crippen LogP contribution in [0.4, 0.5) is 0 Å². The molecule has 1 saturated heterocycles. The van der Waals surface area contributed by atoms with E-state index in [4.69, 9.17) is 0 Å². The first-order valence-electron chi connectivity index (χ1n) is 6.46. The van der Waals surface area contributed by atoms with Crippen LogP contribution in [0.1, 0.15) is 29.3 Å². The molecule has 2 N–H and O–H groups in total. The molecule has 0 radical (unpaired) electrons. The third kappa shape index (κ3) is 2.93. The summed E-state index contributed by atoms with van der Waals surface area (Å²) in [5.41, 5.74) is 1.06. The normalized spacial score (nSPS) is 20.1. The van der Waals surface area contributed by atoms with Gasteiger partial charge in [0, 0.05) is 19.6 Å². The van der Waals surface area contributed by atoms with Crippen molar-refractivity contribution >= 4 is 11.9 Å². The van der Waals surface area contributed by atoms with E-state index in [1.54, 1.807) is 12.1 Å². The average molecular weight is 262 g/mol. The number of carboxylic acids is 1. The summed E-state index contributed by atoms with van der Waals surface area (Å²) in [6, 6.07) is 6.78. The number of hydrogen-bond acceptors (Lipinski definition) is 3. The topological polar surface area (TPSA) is 69.6 Å². The Hall–Kier alpha value is -1.88. The molecule has 1 aromatic rings. The van der Waals surface area contributed by atoms with Gasteiger partial charge in [0.05, 0.1) is 11.6 Å². The van der Waals surface area contributed by atoms with Crippen molar-refractivity contribution in [2.45, 2.75) is 25.9 Å². The molecule has 1 atom stereocenters. The second kappa shape index (κ2) is 5.84. The van der Waals surface area contributed by atoms with Crippen LogP contribution in [0, 0.1) is 0 Å². The Balaban J connectivity index is 2.20. The Bertz CT molecular complexity index is 487. The SMILES string of the molecule is CCC1C(=O)NCCN1Cc1ccccc1C(=O)O. The van der Waals surface area contributed by atoms with E-state index in [1.165, 1.54) is 0 Å². The number of carbonyl (C=O) groups excluding carboxylic acids is 1. The van der Waals surface area contributed by atoms with E-state index in [-0.39, 0.29) is 11.9 Å². The molecular formula is C14H18N2O3. The maximum Gasteiger partial charge on any atom is 0.336 e. The molecule has 1 aliphatic rings. The van der Waals surface area contributed by atoms with Gasteiger partial charge in [-0.25, -0.2) is 4.79 Å². The molecule has 1 aliphatic heterocycles. The Kier molecular flexibility index (Phi) is 4.16. The minimum absolute atomic E-state index is 0.0292. The van der Waals surface area contributed by atoms with E-state index >= 15 is 0 Å². The van der Waals surface area contributed by atoms with E-state index in [2.05, 4.69) is 5.32 Å². The summed E-state index contributed by atoms with van der Waals surface area (Å²) in [6.45, 7) is 3.82. The molecule has 1 amide bonds. The molecule has 1 fully saturated rings. The number of carbonyl (C=O) groups is 2. The highest BCUT2D eigenvalue weighted by atomic mass is 16.4. The van der Waals surface area contributed by atoms with Crippen LogP contribution in [0.2, 0.25) is 0 Å². The second-order valence-electron chi connectivity index (χ2n) is 4.65. The van der Waals surface area contributed by atoms with Crippen LogP contribution < -0.4 is 5.32 Å². The van der Waals surface area contributed by atoms with Crippen molar-refractivity contribution in [1.29, 1.82) is 0 Å². The quantitative estimate of drug-likeness (QED) is 0.852. The van der Waals surface area contributed by atoms with Crippen molar-refractivity contribution in [1.82, 2.24) is 10.2 Å². The van der Waals surface area contributed by atoms with Gasteiger partial charge in [0.25, 0.3) is 0 Å². The maximum absolute atomic E-state index is 11.8. The molecule has 0 saturated carbocycles. The number of nitrogens with one attached hydrogen (secondary N) is 1. The van der Waals surface area contributed by atoms with Crippen LogP contribution in [0.25, 0.3) is 0 Å². The first-order chi connectivity index (χ1) is 9.13. The lowest BCUT2D eigenvalue weighted by molar-refractivity contribution is -0.129. The zero-order valence-electron chi connectivity index (χ0n) is 10.9. The predicted octanol–water partition coefficient (Wildman–Crippen LogP) is 1.10. The molecule has 0 bridgehead atoms. The molecule has 2 rings (SSSR count). The third-order valence-corrected chi connectivity index (χ3v) is 3.45. The Morgan fingerprint density at radius 3 is 2.89 bits per heavy atom. The van der Waals surface area contributed by atoms with E-state index in [0.717, 1.165) is 18.5 Å². The first-order valence-corrected chi connectivity index (χ1v) is 6.46. The molecule has 102 valence electrons. The molecular weight excluding hydrogens is 244 g/mol. The van der Waals surface area contributed by atoms with Crippen molar-refractivity contribution in [3.8, 4) is 0 Å². The summed E-state index contributed by atoms with van der Waals surface area (Å²) in [7, 11) is 0. The second-order valence-corrected chi connectivity index (χ2v) is 4.65. The highest BCUT2D eigenvalue weighted by Gasteiger charge is 2.28. The number of benzene rings is 1. The van der Waals surface area contributed by atoms with Crippen LogP contribution in [-0.2, 0) is 11.3 Å². The summed E-state index contributed by atoms with van der Waals surface area (Å²) in [6.07, 6.45) is 0.723. The fourth-order valence-corrected chi connectivity index (χ4v) is 2.48. The number of amides is 1. The Labute approximate surface area is 112 Å². The van der Waals surface area contributed by atoms with Crippen LogP contribution in [-0.4, -0.2) is 41.0 Å². The lowest BCUT2D eigenvalue weighted by Crippen LogP contribution is -2.54.